The first-order chi connectivity index (χ1) is 25.1. The van der Waals surface area contributed by atoms with E-state index in [1.54, 1.807) is 24.5 Å². The van der Waals surface area contributed by atoms with Crippen LogP contribution in [0.5, 0.6) is 5.75 Å². The normalized spacial score (nSPS) is 16.0. The van der Waals surface area contributed by atoms with E-state index in [-0.39, 0.29) is 22.2 Å². The minimum atomic E-state index is 0.221. The van der Waals surface area contributed by atoms with Gasteiger partial charge < -0.3 is 24.0 Å². The van der Waals surface area contributed by atoms with Crippen molar-refractivity contribution >= 4 is 69.1 Å². The van der Waals surface area contributed by atoms with E-state index < -0.39 is 0 Å². The molecule has 16 nitrogen and oxygen atoms in total. The second-order valence-corrected chi connectivity index (χ2v) is 12.7. The maximum Gasteiger partial charge on any atom is 0.245 e. The molecule has 258 valence electrons. The summed E-state index contributed by atoms with van der Waals surface area (Å²) in [4.78, 5) is 46.7. The first-order valence-electron chi connectivity index (χ1n) is 16.4. The van der Waals surface area contributed by atoms with Crippen molar-refractivity contribution in [2.24, 2.45) is 0 Å². The highest BCUT2D eigenvalue weighted by molar-refractivity contribution is 6.34. The lowest BCUT2D eigenvalue weighted by Gasteiger charge is -2.29. The standard InChI is InChI=1S/C33H29Cl2N13O3/c34-24-4-2-20(27(35)40-24)22-17-37-29-26(39-22)31(48-8-13-50-14-9-48)44-33(42-29)46-45-32-41-28-25(30(43-32)47-6-11-49-12-7-47)38-21(16-36-28)18-1-3-23-19(15-18)5-10-51-23/h1-4,15-17H,5-14H2,(H,36,41,43,45)(H,37,42,44,46). The van der Waals surface area contributed by atoms with Crippen LogP contribution >= 0.6 is 23.2 Å². The number of rotatable bonds is 7. The number of fused-ring (bicyclic) bond motifs is 3. The highest BCUT2D eigenvalue weighted by Gasteiger charge is 2.23. The molecule has 0 unspecified atom stereocenters. The van der Waals surface area contributed by atoms with E-state index in [0.29, 0.717) is 104 Å². The molecule has 9 rings (SSSR count). The highest BCUT2D eigenvalue weighted by Crippen LogP contribution is 2.33. The number of halogens is 2. The van der Waals surface area contributed by atoms with E-state index >= 15 is 0 Å². The third-order valence-electron chi connectivity index (χ3n) is 8.76. The number of morpholine rings is 2. The number of nitrogens with one attached hydrogen (secondary N) is 2. The fraction of sp³-hybridized carbons (Fsp3) is 0.303. The number of hydrogen-bond donors (Lipinski definition) is 2. The van der Waals surface area contributed by atoms with Crippen molar-refractivity contribution in [3.63, 3.8) is 0 Å². The molecule has 3 aliphatic heterocycles. The Kier molecular flexibility index (Phi) is 8.35. The lowest BCUT2D eigenvalue weighted by atomic mass is 10.1. The van der Waals surface area contributed by atoms with Crippen LogP contribution in [0.25, 0.3) is 44.8 Å². The number of hydrazine groups is 1. The summed E-state index contributed by atoms with van der Waals surface area (Å²) in [5.74, 6) is 2.66. The Morgan fingerprint density at radius 3 is 1.86 bits per heavy atom. The fourth-order valence-corrected chi connectivity index (χ4v) is 6.66. The second-order valence-electron chi connectivity index (χ2n) is 11.9. The van der Waals surface area contributed by atoms with Gasteiger partial charge in [0.2, 0.25) is 11.9 Å². The number of benzene rings is 1. The van der Waals surface area contributed by atoms with Gasteiger partial charge in [-0.3, -0.25) is 10.9 Å². The number of nitrogens with zero attached hydrogens (tertiary/aromatic N) is 11. The van der Waals surface area contributed by atoms with Gasteiger partial charge in [0.05, 0.1) is 56.8 Å². The summed E-state index contributed by atoms with van der Waals surface area (Å²) < 4.78 is 16.9. The smallest absolute Gasteiger partial charge is 0.245 e. The topological polar surface area (TPSA) is 174 Å². The Morgan fingerprint density at radius 1 is 0.627 bits per heavy atom. The quantitative estimate of drug-likeness (QED) is 0.176. The van der Waals surface area contributed by atoms with Crippen LogP contribution in [0.15, 0.2) is 42.7 Å². The van der Waals surface area contributed by atoms with Crippen LogP contribution in [0.1, 0.15) is 5.56 Å². The van der Waals surface area contributed by atoms with Gasteiger partial charge in [0.25, 0.3) is 0 Å². The Morgan fingerprint density at radius 2 is 1.24 bits per heavy atom. The monoisotopic (exact) mass is 725 g/mol. The van der Waals surface area contributed by atoms with E-state index in [0.717, 1.165) is 29.0 Å². The first kappa shape index (κ1) is 31.7. The molecule has 2 saturated heterocycles. The number of pyridine rings is 1. The summed E-state index contributed by atoms with van der Waals surface area (Å²) in [6.45, 7) is 5.45. The predicted molar refractivity (Wildman–Crippen MR) is 191 cm³/mol. The molecule has 8 heterocycles. The van der Waals surface area contributed by atoms with Crippen molar-refractivity contribution in [3.8, 4) is 28.3 Å². The number of anilines is 4. The summed E-state index contributed by atoms with van der Waals surface area (Å²) in [7, 11) is 0. The number of ether oxygens (including phenoxy) is 3. The first-order valence-corrected chi connectivity index (χ1v) is 17.2. The van der Waals surface area contributed by atoms with Crippen LogP contribution in [0, 0.1) is 0 Å². The van der Waals surface area contributed by atoms with Gasteiger partial charge in [-0.15, -0.1) is 0 Å². The zero-order chi connectivity index (χ0) is 34.3. The number of hydrogen-bond acceptors (Lipinski definition) is 16. The molecule has 0 spiro atoms. The average Bonchev–Trinajstić information content (AvgIpc) is 3.65. The zero-order valence-electron chi connectivity index (χ0n) is 27.0. The second kappa shape index (κ2) is 13.4. The maximum atomic E-state index is 6.41. The third-order valence-corrected chi connectivity index (χ3v) is 9.26. The number of aromatic nitrogens is 9. The van der Waals surface area contributed by atoms with Gasteiger partial charge in [-0.1, -0.05) is 23.2 Å². The molecule has 0 amide bonds. The van der Waals surface area contributed by atoms with Crippen LogP contribution in [-0.4, -0.2) is 104 Å². The van der Waals surface area contributed by atoms with Crippen LogP contribution < -0.4 is 25.4 Å². The molecule has 6 aromatic rings. The van der Waals surface area contributed by atoms with Gasteiger partial charge in [0.1, 0.15) is 16.1 Å². The van der Waals surface area contributed by atoms with Crippen molar-refractivity contribution in [3.05, 3.63) is 58.6 Å². The lowest BCUT2D eigenvalue weighted by Crippen LogP contribution is -2.37. The highest BCUT2D eigenvalue weighted by atomic mass is 35.5. The average molecular weight is 727 g/mol. The van der Waals surface area contributed by atoms with Crippen molar-refractivity contribution < 1.29 is 14.2 Å². The van der Waals surface area contributed by atoms with Crippen LogP contribution in [0.4, 0.5) is 23.5 Å². The third kappa shape index (κ3) is 6.31. The summed E-state index contributed by atoms with van der Waals surface area (Å²) in [6.07, 6.45) is 4.19. The predicted octanol–water partition coefficient (Wildman–Crippen LogP) is 4.24. The largest absolute Gasteiger partial charge is 0.493 e. The Bertz CT molecular complexity index is 2290. The van der Waals surface area contributed by atoms with Gasteiger partial charge in [-0.25, -0.2) is 24.9 Å². The molecule has 3 aliphatic rings. The van der Waals surface area contributed by atoms with E-state index in [1.807, 2.05) is 12.1 Å². The van der Waals surface area contributed by atoms with Gasteiger partial charge >= 0.3 is 0 Å². The Hall–Kier alpha value is -5.29. The summed E-state index contributed by atoms with van der Waals surface area (Å²) in [5.41, 5.74) is 12.0. The van der Waals surface area contributed by atoms with Crippen molar-refractivity contribution in [2.45, 2.75) is 6.42 Å². The van der Waals surface area contributed by atoms with E-state index in [9.17, 15) is 0 Å². The molecule has 0 radical (unpaired) electrons. The summed E-state index contributed by atoms with van der Waals surface area (Å²) >= 11 is 12.4. The summed E-state index contributed by atoms with van der Waals surface area (Å²) in [5, 5.41) is 0.506. The van der Waals surface area contributed by atoms with Crippen molar-refractivity contribution in [2.75, 3.05) is 79.9 Å². The van der Waals surface area contributed by atoms with Crippen LogP contribution in [0.2, 0.25) is 10.3 Å². The maximum absolute atomic E-state index is 6.41. The van der Waals surface area contributed by atoms with Crippen LogP contribution in [0.3, 0.4) is 0 Å². The van der Waals surface area contributed by atoms with Gasteiger partial charge in [0.15, 0.2) is 34.0 Å². The van der Waals surface area contributed by atoms with Crippen molar-refractivity contribution in [1.29, 1.82) is 0 Å². The molecule has 2 N–H and O–H groups in total. The Labute approximate surface area is 300 Å². The SMILES string of the molecule is Clc1ccc(-c2cnc3nc(NNc4nc(N5CCOCC5)c5nc(-c6ccc7c(c6)CCO7)cnc5n4)nc(N4CCOCC4)c3n2)c(Cl)n1. The molecule has 0 atom stereocenters. The molecule has 2 fully saturated rings. The van der Waals surface area contributed by atoms with Gasteiger partial charge in [-0.05, 0) is 35.9 Å². The van der Waals surface area contributed by atoms with E-state index in [2.05, 4.69) is 41.7 Å². The lowest BCUT2D eigenvalue weighted by molar-refractivity contribution is 0.122. The minimum absolute atomic E-state index is 0.221. The van der Waals surface area contributed by atoms with Gasteiger partial charge in [0, 0.05) is 43.7 Å². The Balaban J connectivity index is 1.06. The molecule has 1 aromatic carbocycles. The minimum Gasteiger partial charge on any atom is -0.493 e. The molecule has 0 saturated carbocycles. The molecular weight excluding hydrogens is 697 g/mol. The fourth-order valence-electron chi connectivity index (χ4n) is 6.22. The van der Waals surface area contributed by atoms with E-state index in [4.69, 9.17) is 67.3 Å². The summed E-state index contributed by atoms with van der Waals surface area (Å²) in [6, 6.07) is 9.50. The molecule has 5 aromatic heterocycles. The molecular formula is C33H29Cl2N13O3. The zero-order valence-corrected chi connectivity index (χ0v) is 28.5. The van der Waals surface area contributed by atoms with Gasteiger partial charge in [-0.2, -0.15) is 19.9 Å². The van der Waals surface area contributed by atoms with E-state index in [1.165, 1.54) is 0 Å². The molecule has 0 aliphatic carbocycles. The van der Waals surface area contributed by atoms with Crippen molar-refractivity contribution in [1.82, 2.24) is 44.9 Å². The van der Waals surface area contributed by atoms with Crippen LogP contribution in [-0.2, 0) is 15.9 Å². The molecule has 18 heteroatoms. The molecule has 0 bridgehead atoms. The molecule has 51 heavy (non-hydrogen) atoms.